The first-order valence-electron chi connectivity index (χ1n) is 6.19. The van der Waals surface area contributed by atoms with E-state index in [0.29, 0.717) is 0 Å². The van der Waals surface area contributed by atoms with Gasteiger partial charge in [0.15, 0.2) is 0 Å². The van der Waals surface area contributed by atoms with Gasteiger partial charge in [-0.25, -0.2) is 0 Å². The van der Waals surface area contributed by atoms with Crippen molar-refractivity contribution in [2.75, 3.05) is 0 Å². The van der Waals surface area contributed by atoms with Crippen molar-refractivity contribution in [3.05, 3.63) is 6.92 Å². The van der Waals surface area contributed by atoms with Crippen LogP contribution in [0.4, 0.5) is 0 Å². The quantitative estimate of drug-likeness (QED) is 0.609. The molecule has 2 fully saturated rings. The Bertz CT molecular complexity index is 138. The van der Waals surface area contributed by atoms with Gasteiger partial charge in [0.1, 0.15) is 0 Å². The van der Waals surface area contributed by atoms with Gasteiger partial charge in [-0.1, -0.05) is 51.4 Å². The Morgan fingerprint density at radius 3 is 2.08 bits per heavy atom. The fourth-order valence-electron chi connectivity index (χ4n) is 3.30. The monoisotopic (exact) mass is 179 g/mol. The van der Waals surface area contributed by atoms with E-state index in [0.717, 1.165) is 17.8 Å². The lowest BCUT2D eigenvalue weighted by Crippen LogP contribution is -2.11. The average molecular weight is 179 g/mol. The minimum atomic E-state index is 0.783. The first-order valence-corrected chi connectivity index (χ1v) is 6.19. The Balaban J connectivity index is 1.73. The van der Waals surface area contributed by atoms with Crippen molar-refractivity contribution < 1.29 is 0 Å². The van der Waals surface area contributed by atoms with Crippen molar-refractivity contribution in [3.8, 4) is 0 Å². The summed E-state index contributed by atoms with van der Waals surface area (Å²) in [6.07, 6.45) is 13.3. The van der Waals surface area contributed by atoms with Crippen molar-refractivity contribution in [2.45, 2.75) is 57.8 Å². The lowest BCUT2D eigenvalue weighted by molar-refractivity contribution is 0.320. The van der Waals surface area contributed by atoms with Crippen LogP contribution >= 0.6 is 0 Å². The molecule has 0 N–H and O–H groups in total. The van der Waals surface area contributed by atoms with Gasteiger partial charge in [0.05, 0.1) is 0 Å². The van der Waals surface area contributed by atoms with E-state index in [1.54, 1.807) is 0 Å². The number of hydrogen-bond donors (Lipinski definition) is 0. The number of rotatable bonds is 3. The van der Waals surface area contributed by atoms with Gasteiger partial charge in [-0.15, -0.1) is 0 Å². The Labute approximate surface area is 83.1 Å². The zero-order valence-corrected chi connectivity index (χ0v) is 8.80. The highest BCUT2D eigenvalue weighted by Crippen LogP contribution is 2.37. The standard InChI is InChI=1S/C13H23/c1-11(13-8-4-5-9-13)10-12-6-2-3-7-12/h11-13H,1-10H2. The molecule has 0 amide bonds. The third kappa shape index (κ3) is 2.48. The summed E-state index contributed by atoms with van der Waals surface area (Å²) >= 11 is 0. The smallest absolute Gasteiger partial charge is 0.0383 e. The van der Waals surface area contributed by atoms with E-state index < -0.39 is 0 Å². The molecule has 75 valence electrons. The molecule has 0 aliphatic heterocycles. The molecule has 0 heteroatoms. The molecule has 2 rings (SSSR count). The van der Waals surface area contributed by atoms with Crippen molar-refractivity contribution >= 4 is 0 Å². The summed E-state index contributed by atoms with van der Waals surface area (Å²) in [6, 6.07) is 0. The molecule has 0 aromatic rings. The minimum absolute atomic E-state index is 0.783. The van der Waals surface area contributed by atoms with Crippen molar-refractivity contribution in [1.82, 2.24) is 0 Å². The van der Waals surface area contributed by atoms with E-state index in [-0.39, 0.29) is 0 Å². The summed E-state index contributed by atoms with van der Waals surface area (Å²) in [7, 11) is 0. The fourth-order valence-corrected chi connectivity index (χ4v) is 3.30. The largest absolute Gasteiger partial charge is 0.0530 e. The zero-order valence-electron chi connectivity index (χ0n) is 8.80. The third-order valence-corrected chi connectivity index (χ3v) is 4.18. The third-order valence-electron chi connectivity index (χ3n) is 4.18. The minimum Gasteiger partial charge on any atom is -0.0530 e. The Kier molecular flexibility index (Phi) is 3.29. The van der Waals surface area contributed by atoms with E-state index in [1.165, 1.54) is 57.8 Å². The lowest BCUT2D eigenvalue weighted by Gasteiger charge is -2.21. The van der Waals surface area contributed by atoms with Gasteiger partial charge in [-0.3, -0.25) is 0 Å². The van der Waals surface area contributed by atoms with Gasteiger partial charge < -0.3 is 0 Å². The highest BCUT2D eigenvalue weighted by atomic mass is 14.3. The van der Waals surface area contributed by atoms with Crippen LogP contribution in [0.2, 0.25) is 0 Å². The molecule has 1 radical (unpaired) electrons. The van der Waals surface area contributed by atoms with Gasteiger partial charge in [0.2, 0.25) is 0 Å². The Morgan fingerprint density at radius 2 is 1.46 bits per heavy atom. The van der Waals surface area contributed by atoms with Crippen LogP contribution in [-0.4, -0.2) is 0 Å². The Hall–Kier alpha value is 0. The summed E-state index contributed by atoms with van der Waals surface area (Å²) in [5.41, 5.74) is 0. The predicted octanol–water partition coefficient (Wildman–Crippen LogP) is 4.21. The molecule has 2 saturated carbocycles. The maximum Gasteiger partial charge on any atom is -0.0383 e. The lowest BCUT2D eigenvalue weighted by atomic mass is 9.84. The average Bonchev–Trinajstić information content (AvgIpc) is 2.74. The molecule has 0 aromatic heterocycles. The van der Waals surface area contributed by atoms with E-state index >= 15 is 0 Å². The Morgan fingerprint density at radius 1 is 0.923 bits per heavy atom. The summed E-state index contributed by atoms with van der Waals surface area (Å²) in [5, 5.41) is 0. The first kappa shape index (κ1) is 9.55. The van der Waals surface area contributed by atoms with E-state index in [9.17, 15) is 0 Å². The molecule has 0 heterocycles. The number of hydrogen-bond acceptors (Lipinski definition) is 0. The summed E-state index contributed by atoms with van der Waals surface area (Å²) in [5.74, 6) is 2.81. The SMILES string of the molecule is [CH2]C(CC1CCCC1)C1CCCC1. The van der Waals surface area contributed by atoms with Crippen LogP contribution in [0.25, 0.3) is 0 Å². The van der Waals surface area contributed by atoms with Crippen LogP contribution in [0.15, 0.2) is 0 Å². The van der Waals surface area contributed by atoms with Crippen molar-refractivity contribution in [2.24, 2.45) is 17.8 Å². The molecule has 2 aliphatic carbocycles. The molecule has 0 spiro atoms. The summed E-state index contributed by atoms with van der Waals surface area (Å²) in [6.45, 7) is 4.38. The maximum absolute atomic E-state index is 4.38. The summed E-state index contributed by atoms with van der Waals surface area (Å²) < 4.78 is 0. The molecule has 1 unspecified atom stereocenters. The van der Waals surface area contributed by atoms with E-state index in [2.05, 4.69) is 6.92 Å². The molecular formula is C13H23. The van der Waals surface area contributed by atoms with Gasteiger partial charge in [0, 0.05) is 0 Å². The van der Waals surface area contributed by atoms with Gasteiger partial charge >= 0.3 is 0 Å². The fraction of sp³-hybridized carbons (Fsp3) is 0.923. The van der Waals surface area contributed by atoms with Crippen LogP contribution in [0.3, 0.4) is 0 Å². The first-order chi connectivity index (χ1) is 6.36. The molecule has 1 atom stereocenters. The van der Waals surface area contributed by atoms with E-state index in [4.69, 9.17) is 0 Å². The second kappa shape index (κ2) is 4.48. The highest BCUT2D eigenvalue weighted by molar-refractivity contribution is 4.80. The van der Waals surface area contributed by atoms with Crippen LogP contribution < -0.4 is 0 Å². The zero-order chi connectivity index (χ0) is 9.10. The summed E-state index contributed by atoms with van der Waals surface area (Å²) in [4.78, 5) is 0. The van der Waals surface area contributed by atoms with Crippen LogP contribution in [-0.2, 0) is 0 Å². The molecule has 0 nitrogen and oxygen atoms in total. The van der Waals surface area contributed by atoms with E-state index in [1.807, 2.05) is 0 Å². The van der Waals surface area contributed by atoms with Gasteiger partial charge in [0.25, 0.3) is 0 Å². The van der Waals surface area contributed by atoms with Gasteiger partial charge in [-0.2, -0.15) is 0 Å². The van der Waals surface area contributed by atoms with Crippen LogP contribution in [0.1, 0.15) is 57.8 Å². The molecular weight excluding hydrogens is 156 g/mol. The molecule has 0 aromatic carbocycles. The molecule has 0 saturated heterocycles. The predicted molar refractivity (Wildman–Crippen MR) is 57.4 cm³/mol. The molecule has 2 aliphatic rings. The maximum atomic E-state index is 4.38. The topological polar surface area (TPSA) is 0 Å². The normalized spacial score (nSPS) is 28.4. The second-order valence-corrected chi connectivity index (χ2v) is 5.19. The van der Waals surface area contributed by atoms with Crippen molar-refractivity contribution in [1.29, 1.82) is 0 Å². The van der Waals surface area contributed by atoms with Crippen LogP contribution in [0, 0.1) is 24.7 Å². The molecule has 13 heavy (non-hydrogen) atoms. The highest BCUT2D eigenvalue weighted by Gasteiger charge is 2.25. The van der Waals surface area contributed by atoms with Crippen molar-refractivity contribution in [3.63, 3.8) is 0 Å². The van der Waals surface area contributed by atoms with Crippen LogP contribution in [0.5, 0.6) is 0 Å². The second-order valence-electron chi connectivity index (χ2n) is 5.19. The van der Waals surface area contributed by atoms with Gasteiger partial charge in [-0.05, 0) is 31.1 Å². The molecule has 0 bridgehead atoms.